The zero-order chi connectivity index (χ0) is 15.2. The van der Waals surface area contributed by atoms with E-state index in [4.69, 9.17) is 10.2 Å². The summed E-state index contributed by atoms with van der Waals surface area (Å²) in [5.41, 5.74) is 6.88. The van der Waals surface area contributed by atoms with Crippen molar-refractivity contribution in [3.05, 3.63) is 46.6 Å². The Bertz CT molecular complexity index is 601. The van der Waals surface area contributed by atoms with Gasteiger partial charge in [0.2, 0.25) is 5.89 Å². The van der Waals surface area contributed by atoms with E-state index in [-0.39, 0.29) is 17.6 Å². The van der Waals surface area contributed by atoms with Crippen molar-refractivity contribution in [3.8, 4) is 0 Å². The molecule has 0 aliphatic carbocycles. The fraction of sp³-hybridized carbons (Fsp3) is 0.286. The highest BCUT2D eigenvalue weighted by Gasteiger charge is 2.16. The highest BCUT2D eigenvalue weighted by Crippen LogP contribution is 2.17. The van der Waals surface area contributed by atoms with Crippen molar-refractivity contribution in [3.63, 3.8) is 0 Å². The molecule has 112 valence electrons. The Balaban J connectivity index is 2.00. The monoisotopic (exact) mass is 369 g/mol. The van der Waals surface area contributed by atoms with Crippen LogP contribution in [0.4, 0.5) is 5.69 Å². The first-order valence-electron chi connectivity index (χ1n) is 6.37. The van der Waals surface area contributed by atoms with Gasteiger partial charge in [-0.05, 0) is 42.7 Å². The SMILES string of the molecule is CSCCC(N)c1nc(C(=O)Nc2ccc(Br)cc2)co1. The van der Waals surface area contributed by atoms with Crippen LogP contribution in [0.15, 0.2) is 39.4 Å². The molecule has 0 spiro atoms. The largest absolute Gasteiger partial charge is 0.446 e. The molecular formula is C14H16BrN3O2S. The average molecular weight is 370 g/mol. The number of carbonyl (C=O) groups excluding carboxylic acids is 1. The van der Waals surface area contributed by atoms with Crippen molar-refractivity contribution in [2.75, 3.05) is 17.3 Å². The Hall–Kier alpha value is -1.31. The predicted octanol–water partition coefficient (Wildman–Crippen LogP) is 3.44. The van der Waals surface area contributed by atoms with Gasteiger partial charge in [0.15, 0.2) is 5.69 Å². The minimum absolute atomic E-state index is 0.229. The number of hydrogen-bond acceptors (Lipinski definition) is 5. The molecule has 1 amide bonds. The minimum Gasteiger partial charge on any atom is -0.446 e. The van der Waals surface area contributed by atoms with Gasteiger partial charge < -0.3 is 15.5 Å². The van der Waals surface area contributed by atoms with E-state index in [2.05, 4.69) is 26.2 Å². The molecule has 0 fully saturated rings. The lowest BCUT2D eigenvalue weighted by molar-refractivity contribution is 0.102. The first kappa shape index (κ1) is 16.1. The van der Waals surface area contributed by atoms with E-state index < -0.39 is 0 Å². The zero-order valence-corrected chi connectivity index (χ0v) is 13.9. The number of anilines is 1. The lowest BCUT2D eigenvalue weighted by atomic mass is 10.2. The number of carbonyl (C=O) groups is 1. The van der Waals surface area contributed by atoms with E-state index in [9.17, 15) is 4.79 Å². The van der Waals surface area contributed by atoms with Crippen LogP contribution in [0.5, 0.6) is 0 Å². The molecule has 5 nitrogen and oxygen atoms in total. The molecule has 3 N–H and O–H groups in total. The van der Waals surface area contributed by atoms with Gasteiger partial charge in [0, 0.05) is 10.2 Å². The lowest BCUT2D eigenvalue weighted by Crippen LogP contribution is -2.14. The third-order valence-corrected chi connectivity index (χ3v) is 3.98. The van der Waals surface area contributed by atoms with Crippen molar-refractivity contribution in [1.29, 1.82) is 0 Å². The van der Waals surface area contributed by atoms with Crippen LogP contribution in [0.2, 0.25) is 0 Å². The number of hydrogen-bond donors (Lipinski definition) is 2. The van der Waals surface area contributed by atoms with E-state index >= 15 is 0 Å². The molecule has 1 aromatic carbocycles. The summed E-state index contributed by atoms with van der Waals surface area (Å²) in [6.07, 6.45) is 4.11. The number of benzene rings is 1. The molecule has 2 rings (SSSR count). The molecule has 0 saturated carbocycles. The van der Waals surface area contributed by atoms with Gasteiger partial charge in [-0.2, -0.15) is 11.8 Å². The number of thioether (sulfide) groups is 1. The van der Waals surface area contributed by atoms with E-state index in [0.717, 1.165) is 16.6 Å². The zero-order valence-electron chi connectivity index (χ0n) is 11.5. The Labute approximate surface area is 135 Å². The molecule has 1 heterocycles. The summed E-state index contributed by atoms with van der Waals surface area (Å²) in [4.78, 5) is 16.2. The Morgan fingerprint density at radius 2 is 2.19 bits per heavy atom. The van der Waals surface area contributed by atoms with Crippen LogP contribution < -0.4 is 11.1 Å². The summed E-state index contributed by atoms with van der Waals surface area (Å²) < 4.78 is 6.24. The number of rotatable bonds is 6. The quantitative estimate of drug-likeness (QED) is 0.814. The van der Waals surface area contributed by atoms with Crippen LogP contribution in [0, 0.1) is 0 Å². The van der Waals surface area contributed by atoms with Crippen LogP contribution in [-0.4, -0.2) is 22.9 Å². The van der Waals surface area contributed by atoms with Crippen LogP contribution in [-0.2, 0) is 0 Å². The smallest absolute Gasteiger partial charge is 0.277 e. The van der Waals surface area contributed by atoms with Crippen molar-refractivity contribution in [2.45, 2.75) is 12.5 Å². The second-order valence-electron chi connectivity index (χ2n) is 4.42. The van der Waals surface area contributed by atoms with E-state index in [1.165, 1.54) is 6.26 Å². The first-order valence-corrected chi connectivity index (χ1v) is 8.55. The highest BCUT2D eigenvalue weighted by atomic mass is 79.9. The Kier molecular flexibility index (Phi) is 5.84. The number of nitrogens with one attached hydrogen (secondary N) is 1. The fourth-order valence-electron chi connectivity index (χ4n) is 1.66. The van der Waals surface area contributed by atoms with E-state index in [1.807, 2.05) is 18.4 Å². The molecule has 0 aliphatic rings. The van der Waals surface area contributed by atoms with Crippen LogP contribution in [0.25, 0.3) is 0 Å². The van der Waals surface area contributed by atoms with Crippen LogP contribution in [0.3, 0.4) is 0 Å². The molecule has 0 aliphatic heterocycles. The first-order chi connectivity index (χ1) is 10.1. The van der Waals surface area contributed by atoms with E-state index in [1.54, 1.807) is 23.9 Å². The summed E-state index contributed by atoms with van der Waals surface area (Å²) in [5, 5.41) is 2.75. The Morgan fingerprint density at radius 3 is 2.86 bits per heavy atom. The number of nitrogens with two attached hydrogens (primary N) is 1. The maximum atomic E-state index is 12.1. The van der Waals surface area contributed by atoms with Crippen LogP contribution in [0.1, 0.15) is 28.8 Å². The normalized spacial score (nSPS) is 12.1. The summed E-state index contributed by atoms with van der Waals surface area (Å²) in [6, 6.07) is 7.01. The third kappa shape index (κ3) is 4.59. The highest BCUT2D eigenvalue weighted by molar-refractivity contribution is 9.10. The van der Waals surface area contributed by atoms with Gasteiger partial charge in [-0.3, -0.25) is 4.79 Å². The molecule has 0 radical (unpaired) electrons. The second kappa shape index (κ2) is 7.63. The molecule has 1 unspecified atom stereocenters. The standard InChI is InChI=1S/C14H16BrN3O2S/c1-21-7-6-11(16)14-18-12(8-20-14)13(19)17-10-4-2-9(15)3-5-10/h2-5,8,11H,6-7,16H2,1H3,(H,17,19). The van der Waals surface area contributed by atoms with Gasteiger partial charge in [0.1, 0.15) is 6.26 Å². The van der Waals surface area contributed by atoms with Crippen molar-refractivity contribution < 1.29 is 9.21 Å². The van der Waals surface area contributed by atoms with Gasteiger partial charge in [0.25, 0.3) is 5.91 Å². The van der Waals surface area contributed by atoms with Gasteiger partial charge in [-0.1, -0.05) is 15.9 Å². The maximum Gasteiger partial charge on any atom is 0.277 e. The second-order valence-corrected chi connectivity index (χ2v) is 6.32. The molecule has 2 aromatic rings. The summed E-state index contributed by atoms with van der Waals surface area (Å²) in [6.45, 7) is 0. The van der Waals surface area contributed by atoms with Gasteiger partial charge in [-0.25, -0.2) is 4.98 Å². The number of amides is 1. The van der Waals surface area contributed by atoms with E-state index in [0.29, 0.717) is 11.6 Å². The van der Waals surface area contributed by atoms with Gasteiger partial charge in [0.05, 0.1) is 6.04 Å². The molecule has 21 heavy (non-hydrogen) atoms. The Morgan fingerprint density at radius 1 is 1.48 bits per heavy atom. The predicted molar refractivity (Wildman–Crippen MR) is 88.5 cm³/mol. The molecule has 7 heteroatoms. The number of aromatic nitrogens is 1. The average Bonchev–Trinajstić information content (AvgIpc) is 2.97. The third-order valence-electron chi connectivity index (χ3n) is 2.81. The molecule has 0 saturated heterocycles. The summed E-state index contributed by atoms with van der Waals surface area (Å²) in [5.74, 6) is 0.999. The lowest BCUT2D eigenvalue weighted by Gasteiger charge is -2.05. The van der Waals surface area contributed by atoms with Gasteiger partial charge >= 0.3 is 0 Å². The van der Waals surface area contributed by atoms with Crippen molar-refractivity contribution >= 4 is 39.3 Å². The minimum atomic E-state index is -0.315. The van der Waals surface area contributed by atoms with Gasteiger partial charge in [-0.15, -0.1) is 0 Å². The fourth-order valence-corrected chi connectivity index (χ4v) is 2.41. The number of halogens is 1. The maximum absolute atomic E-state index is 12.1. The van der Waals surface area contributed by atoms with Crippen molar-refractivity contribution in [1.82, 2.24) is 4.98 Å². The van der Waals surface area contributed by atoms with Crippen LogP contribution >= 0.6 is 27.7 Å². The van der Waals surface area contributed by atoms with Crippen molar-refractivity contribution in [2.24, 2.45) is 5.73 Å². The molecule has 1 atom stereocenters. The number of nitrogens with zero attached hydrogens (tertiary/aromatic N) is 1. The molecular weight excluding hydrogens is 354 g/mol. The number of oxazole rings is 1. The molecule has 0 bridgehead atoms. The topological polar surface area (TPSA) is 81.1 Å². The molecule has 1 aromatic heterocycles. The summed E-state index contributed by atoms with van der Waals surface area (Å²) >= 11 is 5.05. The summed E-state index contributed by atoms with van der Waals surface area (Å²) in [7, 11) is 0.